The van der Waals surface area contributed by atoms with Gasteiger partial charge in [0.15, 0.2) is 0 Å². The van der Waals surface area contributed by atoms with Gasteiger partial charge in [-0.3, -0.25) is 0 Å². The molecule has 2 bridgehead atoms. The molecule has 1 saturated carbocycles. The predicted octanol–water partition coefficient (Wildman–Crippen LogP) is 2.61. The molecule has 1 N–H and O–H groups in total. The van der Waals surface area contributed by atoms with Crippen LogP contribution in [0.15, 0.2) is 18.2 Å². The number of rotatable bonds is 4. The summed E-state index contributed by atoms with van der Waals surface area (Å²) >= 11 is 0. The lowest BCUT2D eigenvalue weighted by Gasteiger charge is -2.35. The first-order valence-electron chi connectivity index (χ1n) is 8.01. The highest BCUT2D eigenvalue weighted by molar-refractivity contribution is 5.55. The molecule has 0 spiro atoms. The van der Waals surface area contributed by atoms with E-state index in [2.05, 4.69) is 35.3 Å². The molecule has 2 saturated heterocycles. The van der Waals surface area contributed by atoms with Crippen LogP contribution in [-0.4, -0.2) is 31.3 Å². The highest BCUT2D eigenvalue weighted by Gasteiger charge is 2.34. The summed E-state index contributed by atoms with van der Waals surface area (Å²) in [6.07, 6.45) is 6.11. The Bertz CT molecular complexity index is 486. The zero-order chi connectivity index (χ0) is 13.5. The molecule has 1 aromatic rings. The van der Waals surface area contributed by atoms with Crippen molar-refractivity contribution in [1.29, 1.82) is 0 Å². The third-order valence-electron chi connectivity index (χ3n) is 4.82. The Morgan fingerprint density at radius 2 is 1.90 bits per heavy atom. The molecule has 3 nitrogen and oxygen atoms in total. The van der Waals surface area contributed by atoms with Crippen molar-refractivity contribution in [2.45, 2.75) is 57.4 Å². The zero-order valence-electron chi connectivity index (χ0n) is 12.3. The first-order valence-corrected chi connectivity index (χ1v) is 8.01. The van der Waals surface area contributed by atoms with E-state index in [1.54, 1.807) is 0 Å². The van der Waals surface area contributed by atoms with Gasteiger partial charge in [-0.15, -0.1) is 0 Å². The standard InChI is InChI=1S/C17H24N2O/c1-12-8-13(9-18-14-3-4-14)2-7-17(12)19-10-15-5-6-16(11-19)20-15/h2,7-8,14-16,18H,3-6,9-11H2,1H3. The predicted molar refractivity (Wildman–Crippen MR) is 81.1 cm³/mol. The number of benzene rings is 1. The van der Waals surface area contributed by atoms with Gasteiger partial charge in [0.1, 0.15) is 0 Å². The summed E-state index contributed by atoms with van der Waals surface area (Å²) in [5.74, 6) is 0. The van der Waals surface area contributed by atoms with Gasteiger partial charge < -0.3 is 15.0 Å². The van der Waals surface area contributed by atoms with Crippen LogP contribution in [0.1, 0.15) is 36.8 Å². The van der Waals surface area contributed by atoms with Gasteiger partial charge >= 0.3 is 0 Å². The van der Waals surface area contributed by atoms with E-state index in [1.807, 2.05) is 0 Å². The van der Waals surface area contributed by atoms with Crippen LogP contribution < -0.4 is 10.2 Å². The molecule has 1 aliphatic carbocycles. The number of ether oxygens (including phenoxy) is 1. The van der Waals surface area contributed by atoms with E-state index in [1.165, 1.54) is 42.5 Å². The smallest absolute Gasteiger partial charge is 0.0755 e. The van der Waals surface area contributed by atoms with E-state index in [9.17, 15) is 0 Å². The molecule has 3 fully saturated rings. The Morgan fingerprint density at radius 1 is 1.15 bits per heavy atom. The van der Waals surface area contributed by atoms with E-state index in [0.29, 0.717) is 12.2 Å². The molecule has 0 amide bonds. The summed E-state index contributed by atoms with van der Waals surface area (Å²) in [6, 6.07) is 7.73. The molecule has 3 heteroatoms. The Balaban J connectivity index is 1.47. The van der Waals surface area contributed by atoms with Gasteiger partial charge in [0.25, 0.3) is 0 Å². The van der Waals surface area contributed by atoms with E-state index in [4.69, 9.17) is 4.74 Å². The highest BCUT2D eigenvalue weighted by atomic mass is 16.5. The minimum absolute atomic E-state index is 0.462. The topological polar surface area (TPSA) is 24.5 Å². The molecule has 2 heterocycles. The summed E-state index contributed by atoms with van der Waals surface area (Å²) in [5.41, 5.74) is 4.22. The maximum absolute atomic E-state index is 5.93. The van der Waals surface area contributed by atoms with Crippen molar-refractivity contribution in [3.63, 3.8) is 0 Å². The molecule has 2 atom stereocenters. The second-order valence-electron chi connectivity index (χ2n) is 6.64. The van der Waals surface area contributed by atoms with Crippen LogP contribution in [-0.2, 0) is 11.3 Å². The lowest BCUT2D eigenvalue weighted by atomic mass is 10.1. The number of nitrogens with one attached hydrogen (secondary N) is 1. The number of morpholine rings is 1. The molecule has 2 aliphatic heterocycles. The van der Waals surface area contributed by atoms with Crippen LogP contribution in [0.3, 0.4) is 0 Å². The molecular formula is C17H24N2O. The van der Waals surface area contributed by atoms with Gasteiger partial charge in [0.05, 0.1) is 12.2 Å². The molecule has 1 aromatic carbocycles. The number of hydrogen-bond donors (Lipinski definition) is 1. The van der Waals surface area contributed by atoms with E-state index >= 15 is 0 Å². The van der Waals surface area contributed by atoms with Crippen molar-refractivity contribution in [3.8, 4) is 0 Å². The first kappa shape index (κ1) is 12.7. The van der Waals surface area contributed by atoms with Gasteiger partial charge in [-0.05, 0) is 49.8 Å². The van der Waals surface area contributed by atoms with Crippen molar-refractivity contribution < 1.29 is 4.74 Å². The van der Waals surface area contributed by atoms with Crippen LogP contribution in [0.25, 0.3) is 0 Å². The number of fused-ring (bicyclic) bond motifs is 2. The van der Waals surface area contributed by atoms with Gasteiger partial charge in [-0.25, -0.2) is 0 Å². The molecule has 4 rings (SSSR count). The zero-order valence-corrected chi connectivity index (χ0v) is 12.3. The molecule has 0 radical (unpaired) electrons. The fourth-order valence-electron chi connectivity index (χ4n) is 3.54. The summed E-state index contributed by atoms with van der Waals surface area (Å²) in [7, 11) is 0. The van der Waals surface area contributed by atoms with Crippen molar-refractivity contribution in [3.05, 3.63) is 29.3 Å². The molecule has 3 aliphatic rings. The average Bonchev–Trinajstić information content (AvgIpc) is 3.21. The monoisotopic (exact) mass is 272 g/mol. The fraction of sp³-hybridized carbons (Fsp3) is 0.647. The van der Waals surface area contributed by atoms with Gasteiger partial charge in [0, 0.05) is 31.4 Å². The SMILES string of the molecule is Cc1cc(CNC2CC2)ccc1N1CC2CCC(C1)O2. The fourth-order valence-corrected chi connectivity index (χ4v) is 3.54. The number of hydrogen-bond acceptors (Lipinski definition) is 3. The Kier molecular flexibility index (Phi) is 3.20. The molecular weight excluding hydrogens is 248 g/mol. The molecule has 2 unspecified atom stereocenters. The third-order valence-corrected chi connectivity index (χ3v) is 4.82. The van der Waals surface area contributed by atoms with Crippen LogP contribution in [0, 0.1) is 6.92 Å². The Labute approximate surface area is 121 Å². The lowest BCUT2D eigenvalue weighted by molar-refractivity contribution is 0.0304. The highest BCUT2D eigenvalue weighted by Crippen LogP contribution is 2.31. The normalized spacial score (nSPS) is 28.9. The summed E-state index contributed by atoms with van der Waals surface area (Å²) < 4.78 is 5.93. The molecule has 20 heavy (non-hydrogen) atoms. The minimum Gasteiger partial charge on any atom is -0.371 e. The number of aryl methyl sites for hydroxylation is 1. The van der Waals surface area contributed by atoms with E-state index in [-0.39, 0.29) is 0 Å². The second kappa shape index (κ2) is 5.05. The van der Waals surface area contributed by atoms with E-state index in [0.717, 1.165) is 25.7 Å². The first-order chi connectivity index (χ1) is 9.78. The largest absolute Gasteiger partial charge is 0.371 e. The van der Waals surface area contributed by atoms with Gasteiger partial charge in [-0.2, -0.15) is 0 Å². The maximum atomic E-state index is 5.93. The van der Waals surface area contributed by atoms with Crippen LogP contribution in [0.2, 0.25) is 0 Å². The van der Waals surface area contributed by atoms with Crippen molar-refractivity contribution >= 4 is 5.69 Å². The summed E-state index contributed by atoms with van der Waals surface area (Å²) in [6.45, 7) is 5.39. The lowest BCUT2D eigenvalue weighted by Crippen LogP contribution is -2.42. The number of anilines is 1. The van der Waals surface area contributed by atoms with Crippen LogP contribution >= 0.6 is 0 Å². The summed E-state index contributed by atoms with van der Waals surface area (Å²) in [4.78, 5) is 2.53. The van der Waals surface area contributed by atoms with Gasteiger partial charge in [0.2, 0.25) is 0 Å². The maximum Gasteiger partial charge on any atom is 0.0755 e. The summed E-state index contributed by atoms with van der Waals surface area (Å²) in [5, 5.41) is 3.59. The molecule has 0 aromatic heterocycles. The van der Waals surface area contributed by atoms with Crippen molar-refractivity contribution in [2.24, 2.45) is 0 Å². The minimum atomic E-state index is 0.462. The van der Waals surface area contributed by atoms with Crippen molar-refractivity contribution in [2.75, 3.05) is 18.0 Å². The third kappa shape index (κ3) is 2.57. The quantitative estimate of drug-likeness (QED) is 0.912. The van der Waals surface area contributed by atoms with Crippen molar-refractivity contribution in [1.82, 2.24) is 5.32 Å². The average molecular weight is 272 g/mol. The Hall–Kier alpha value is -1.06. The Morgan fingerprint density at radius 3 is 2.55 bits per heavy atom. The van der Waals surface area contributed by atoms with E-state index < -0.39 is 0 Å². The van der Waals surface area contributed by atoms with Crippen LogP contribution in [0.5, 0.6) is 0 Å². The van der Waals surface area contributed by atoms with Crippen LogP contribution in [0.4, 0.5) is 5.69 Å². The molecule has 108 valence electrons. The van der Waals surface area contributed by atoms with Gasteiger partial charge in [-0.1, -0.05) is 12.1 Å². The number of nitrogens with zero attached hydrogens (tertiary/aromatic N) is 1. The second-order valence-corrected chi connectivity index (χ2v) is 6.64.